The Morgan fingerprint density at radius 2 is 1.91 bits per heavy atom. The maximum atomic E-state index is 13.2. The topological polar surface area (TPSA) is 125 Å². The largest absolute Gasteiger partial charge is 0.433 e. The van der Waals surface area contributed by atoms with Gasteiger partial charge in [0, 0.05) is 11.4 Å². The summed E-state index contributed by atoms with van der Waals surface area (Å²) < 4.78 is 39.6. The zero-order valence-corrected chi connectivity index (χ0v) is 17.9. The lowest BCUT2D eigenvalue weighted by Gasteiger charge is -2.18. The number of benzene rings is 1. The van der Waals surface area contributed by atoms with Gasteiger partial charge in [-0.3, -0.25) is 14.5 Å². The average molecular weight is 461 g/mol. The number of aryl methyl sites for hydroxylation is 1. The minimum absolute atomic E-state index is 0.0315. The van der Waals surface area contributed by atoms with E-state index in [1.807, 2.05) is 11.9 Å². The molecular formula is C21H22F3N7O2. The number of likely N-dealkylation sites (N-methyl/N-ethyl adjacent to an activating group) is 1. The van der Waals surface area contributed by atoms with Crippen molar-refractivity contribution in [3.63, 3.8) is 0 Å². The Morgan fingerprint density at radius 1 is 1.18 bits per heavy atom. The number of halogens is 3. The molecule has 4 rings (SSSR count). The first kappa shape index (κ1) is 22.5. The van der Waals surface area contributed by atoms with E-state index in [4.69, 9.17) is 5.73 Å². The van der Waals surface area contributed by atoms with E-state index in [9.17, 15) is 22.8 Å². The highest BCUT2D eigenvalue weighted by Crippen LogP contribution is 2.36. The molecule has 5 N–H and O–H groups in total. The predicted octanol–water partition coefficient (Wildman–Crippen LogP) is 2.53. The monoisotopic (exact) mass is 461 g/mol. The van der Waals surface area contributed by atoms with Crippen LogP contribution in [-0.2, 0) is 15.8 Å². The molecule has 33 heavy (non-hydrogen) atoms. The SMILES string of the molecule is Cc1cc(C(F)(F)F)nc(C(C(N)=O)=C2Nc3ccc(NC(=O)[C@@H]4CCCN4C)cc3N2)n1. The Hall–Kier alpha value is -3.67. The molecular weight excluding hydrogens is 439 g/mol. The minimum Gasteiger partial charge on any atom is -0.365 e. The van der Waals surface area contributed by atoms with Gasteiger partial charge in [-0.1, -0.05) is 0 Å². The third-order valence-corrected chi connectivity index (χ3v) is 5.49. The fourth-order valence-electron chi connectivity index (χ4n) is 3.90. The van der Waals surface area contributed by atoms with Crippen molar-refractivity contribution in [2.45, 2.75) is 32.0 Å². The number of alkyl halides is 3. The lowest BCUT2D eigenvalue weighted by atomic mass is 10.2. The normalized spacial score (nSPS) is 19.5. The molecule has 2 amide bonds. The van der Waals surface area contributed by atoms with Gasteiger partial charge in [0.2, 0.25) is 5.91 Å². The quantitative estimate of drug-likeness (QED) is 0.516. The van der Waals surface area contributed by atoms with Crippen LogP contribution in [0.4, 0.5) is 30.2 Å². The summed E-state index contributed by atoms with van der Waals surface area (Å²) in [5.41, 5.74) is 5.58. The van der Waals surface area contributed by atoms with Crippen LogP contribution in [0.15, 0.2) is 30.1 Å². The average Bonchev–Trinajstić information content (AvgIpc) is 3.32. The molecule has 2 aliphatic heterocycles. The Bertz CT molecular complexity index is 1160. The van der Waals surface area contributed by atoms with Crippen LogP contribution in [0, 0.1) is 6.92 Å². The molecule has 1 atom stereocenters. The molecule has 0 saturated carbocycles. The summed E-state index contributed by atoms with van der Waals surface area (Å²) in [5.74, 6) is -1.53. The van der Waals surface area contributed by atoms with E-state index in [0.717, 1.165) is 25.5 Å². The molecule has 0 spiro atoms. The van der Waals surface area contributed by atoms with Crippen LogP contribution in [0.1, 0.15) is 30.1 Å². The first-order valence-corrected chi connectivity index (χ1v) is 10.2. The van der Waals surface area contributed by atoms with Crippen LogP contribution >= 0.6 is 0 Å². The van der Waals surface area contributed by atoms with Crippen molar-refractivity contribution in [3.05, 3.63) is 47.3 Å². The standard InChI is InChI=1S/C21H22F3N7O2/c1-10-8-15(21(22,23)24)30-18(26-10)16(17(25)32)19-28-12-6-5-11(9-13(12)29-19)27-20(33)14-4-3-7-31(14)2/h5-6,8-9,14,28-29H,3-4,7H2,1-2H3,(H2,25,32)(H,27,33)/t14-/m0/s1. The summed E-state index contributed by atoms with van der Waals surface area (Å²) in [6, 6.07) is 5.58. The van der Waals surface area contributed by atoms with E-state index in [1.165, 1.54) is 6.92 Å². The molecule has 0 aliphatic carbocycles. The Kier molecular flexibility index (Phi) is 5.70. The Morgan fingerprint density at radius 3 is 2.55 bits per heavy atom. The maximum Gasteiger partial charge on any atom is 0.433 e. The number of nitrogens with zero attached hydrogens (tertiary/aromatic N) is 3. The summed E-state index contributed by atoms with van der Waals surface area (Å²) in [7, 11) is 1.89. The number of nitrogens with one attached hydrogen (secondary N) is 3. The molecule has 2 aliphatic rings. The molecule has 0 bridgehead atoms. The first-order chi connectivity index (χ1) is 15.5. The molecule has 0 unspecified atom stereocenters. The van der Waals surface area contributed by atoms with Gasteiger partial charge < -0.3 is 21.7 Å². The van der Waals surface area contributed by atoms with E-state index >= 15 is 0 Å². The van der Waals surface area contributed by atoms with Crippen molar-refractivity contribution in [1.29, 1.82) is 0 Å². The van der Waals surface area contributed by atoms with Gasteiger partial charge in [-0.05, 0) is 57.6 Å². The van der Waals surface area contributed by atoms with Gasteiger partial charge in [0.25, 0.3) is 5.91 Å². The third-order valence-electron chi connectivity index (χ3n) is 5.49. The number of likely N-dealkylation sites (tertiary alicyclic amines) is 1. The van der Waals surface area contributed by atoms with Gasteiger partial charge in [-0.2, -0.15) is 13.2 Å². The number of fused-ring (bicyclic) bond motifs is 1. The Labute approximate surface area is 187 Å². The number of aromatic nitrogens is 2. The number of anilines is 3. The Balaban J connectivity index is 1.63. The highest BCUT2D eigenvalue weighted by molar-refractivity contribution is 6.20. The summed E-state index contributed by atoms with van der Waals surface area (Å²) in [6.07, 6.45) is -2.99. The van der Waals surface area contributed by atoms with Crippen molar-refractivity contribution < 1.29 is 22.8 Å². The fourth-order valence-corrected chi connectivity index (χ4v) is 3.90. The molecule has 9 nitrogen and oxygen atoms in total. The number of hydrogen-bond donors (Lipinski definition) is 4. The second-order valence-corrected chi connectivity index (χ2v) is 7.97. The molecule has 1 saturated heterocycles. The van der Waals surface area contributed by atoms with Crippen LogP contribution in [0.3, 0.4) is 0 Å². The summed E-state index contributed by atoms with van der Waals surface area (Å²) in [4.78, 5) is 34.2. The molecule has 1 fully saturated rings. The number of nitrogens with two attached hydrogens (primary N) is 1. The number of primary amides is 1. The molecule has 12 heteroatoms. The third kappa shape index (κ3) is 4.60. The number of amides is 2. The zero-order chi connectivity index (χ0) is 23.9. The lowest BCUT2D eigenvalue weighted by molar-refractivity contribution is -0.141. The predicted molar refractivity (Wildman–Crippen MR) is 116 cm³/mol. The van der Waals surface area contributed by atoms with Crippen molar-refractivity contribution in [2.75, 3.05) is 29.5 Å². The summed E-state index contributed by atoms with van der Waals surface area (Å²) in [6.45, 7) is 2.22. The second kappa shape index (κ2) is 8.35. The van der Waals surface area contributed by atoms with E-state index in [-0.39, 0.29) is 29.0 Å². The van der Waals surface area contributed by atoms with Crippen LogP contribution in [0.25, 0.3) is 5.57 Å². The van der Waals surface area contributed by atoms with Crippen molar-refractivity contribution in [3.8, 4) is 0 Å². The van der Waals surface area contributed by atoms with Gasteiger partial charge >= 0.3 is 6.18 Å². The first-order valence-electron chi connectivity index (χ1n) is 10.2. The van der Waals surface area contributed by atoms with Gasteiger partial charge in [0.1, 0.15) is 17.1 Å². The summed E-state index contributed by atoms with van der Waals surface area (Å²) in [5, 5.41) is 8.72. The van der Waals surface area contributed by atoms with Crippen molar-refractivity contribution >= 4 is 34.4 Å². The number of hydrogen-bond acceptors (Lipinski definition) is 7. The van der Waals surface area contributed by atoms with Crippen molar-refractivity contribution in [1.82, 2.24) is 14.9 Å². The van der Waals surface area contributed by atoms with Gasteiger partial charge in [0.05, 0.1) is 17.4 Å². The van der Waals surface area contributed by atoms with E-state index in [2.05, 4.69) is 25.9 Å². The highest BCUT2D eigenvalue weighted by atomic mass is 19.4. The van der Waals surface area contributed by atoms with E-state index in [0.29, 0.717) is 17.1 Å². The maximum absolute atomic E-state index is 13.2. The smallest absolute Gasteiger partial charge is 0.365 e. The number of carbonyl (C=O) groups excluding carboxylic acids is 2. The van der Waals surface area contributed by atoms with Gasteiger partial charge in [-0.15, -0.1) is 0 Å². The molecule has 2 aromatic rings. The van der Waals surface area contributed by atoms with Crippen LogP contribution in [0.5, 0.6) is 0 Å². The summed E-state index contributed by atoms with van der Waals surface area (Å²) >= 11 is 0. The van der Waals surface area contributed by atoms with Crippen LogP contribution < -0.4 is 21.7 Å². The van der Waals surface area contributed by atoms with E-state index in [1.54, 1.807) is 18.2 Å². The van der Waals surface area contributed by atoms with Crippen molar-refractivity contribution in [2.24, 2.45) is 5.73 Å². The molecule has 1 aromatic heterocycles. The lowest BCUT2D eigenvalue weighted by Crippen LogP contribution is -2.37. The van der Waals surface area contributed by atoms with Gasteiger partial charge in [0.15, 0.2) is 5.82 Å². The van der Waals surface area contributed by atoms with Gasteiger partial charge in [-0.25, -0.2) is 9.97 Å². The zero-order valence-electron chi connectivity index (χ0n) is 17.9. The minimum atomic E-state index is -4.71. The molecule has 174 valence electrons. The number of rotatable bonds is 4. The molecule has 0 radical (unpaired) electrons. The second-order valence-electron chi connectivity index (χ2n) is 7.97. The molecule has 1 aromatic carbocycles. The van der Waals surface area contributed by atoms with Crippen LogP contribution in [-0.4, -0.2) is 46.3 Å². The van der Waals surface area contributed by atoms with E-state index < -0.39 is 23.6 Å². The number of carbonyl (C=O) groups is 2. The fraction of sp³-hybridized carbons (Fsp3) is 0.333. The highest BCUT2D eigenvalue weighted by Gasteiger charge is 2.35. The van der Waals surface area contributed by atoms with Crippen LogP contribution in [0.2, 0.25) is 0 Å². The molecule has 3 heterocycles.